The van der Waals surface area contributed by atoms with Gasteiger partial charge >= 0.3 is 0 Å². The Hall–Kier alpha value is -3.72. The Labute approximate surface area is 181 Å². The zero-order valence-electron chi connectivity index (χ0n) is 17.4. The van der Waals surface area contributed by atoms with Gasteiger partial charge in [0.15, 0.2) is 0 Å². The number of nitrogens with one attached hydrogen (secondary N) is 2. The van der Waals surface area contributed by atoms with Crippen LogP contribution >= 0.6 is 0 Å². The number of imidazole rings is 1. The van der Waals surface area contributed by atoms with Crippen LogP contribution in [0.15, 0.2) is 72.1 Å². The Kier molecular flexibility index (Phi) is 5.43. The Balaban J connectivity index is 1.50. The summed E-state index contributed by atoms with van der Waals surface area (Å²) in [5.74, 6) is 1.94. The molecule has 0 atom stereocenters. The summed E-state index contributed by atoms with van der Waals surface area (Å²) in [7, 11) is -3.66. The summed E-state index contributed by atoms with van der Waals surface area (Å²) < 4.78 is 29.8. The minimum atomic E-state index is -3.66. The van der Waals surface area contributed by atoms with Crippen LogP contribution in [0.2, 0.25) is 0 Å². The molecule has 0 spiro atoms. The van der Waals surface area contributed by atoms with Crippen molar-refractivity contribution in [3.8, 4) is 5.82 Å². The molecule has 2 aromatic carbocycles. The first-order valence-corrected chi connectivity index (χ1v) is 11.1. The highest BCUT2D eigenvalue weighted by molar-refractivity contribution is 7.92. The maximum Gasteiger partial charge on any atom is 0.261 e. The third-order valence-electron chi connectivity index (χ3n) is 4.79. The maximum absolute atomic E-state index is 12.7. The van der Waals surface area contributed by atoms with E-state index in [9.17, 15) is 8.42 Å². The van der Waals surface area contributed by atoms with Crippen LogP contribution in [0, 0.1) is 20.8 Å². The molecule has 0 radical (unpaired) electrons. The van der Waals surface area contributed by atoms with E-state index in [-0.39, 0.29) is 4.90 Å². The minimum absolute atomic E-state index is 0.237. The smallest absolute Gasteiger partial charge is 0.261 e. The van der Waals surface area contributed by atoms with Gasteiger partial charge in [-0.05, 0) is 68.3 Å². The Morgan fingerprint density at radius 1 is 0.871 bits per heavy atom. The van der Waals surface area contributed by atoms with Gasteiger partial charge in [0.2, 0.25) is 0 Å². The number of benzene rings is 2. The molecule has 8 nitrogen and oxygen atoms in total. The van der Waals surface area contributed by atoms with Crippen LogP contribution in [-0.4, -0.2) is 27.9 Å². The number of nitrogens with zero attached hydrogens (tertiary/aromatic N) is 4. The number of hydrogen-bond acceptors (Lipinski definition) is 6. The summed E-state index contributed by atoms with van der Waals surface area (Å²) in [6, 6.07) is 13.9. The van der Waals surface area contributed by atoms with E-state index in [4.69, 9.17) is 0 Å². The summed E-state index contributed by atoms with van der Waals surface area (Å²) in [5.41, 5.74) is 3.22. The average Bonchev–Trinajstić information content (AvgIpc) is 3.26. The van der Waals surface area contributed by atoms with Crippen LogP contribution in [0.4, 0.5) is 17.2 Å². The van der Waals surface area contributed by atoms with Crippen LogP contribution in [0.1, 0.15) is 17.0 Å². The van der Waals surface area contributed by atoms with E-state index < -0.39 is 10.0 Å². The highest BCUT2D eigenvalue weighted by Gasteiger charge is 2.15. The molecular formula is C22H22N6O2S. The third-order valence-corrected chi connectivity index (χ3v) is 6.17. The summed E-state index contributed by atoms with van der Waals surface area (Å²) in [4.78, 5) is 13.1. The fraction of sp³-hybridized carbons (Fsp3) is 0.136. The normalized spacial score (nSPS) is 11.3. The van der Waals surface area contributed by atoms with Crippen LogP contribution in [-0.2, 0) is 10.0 Å². The molecule has 0 saturated heterocycles. The lowest BCUT2D eigenvalue weighted by molar-refractivity contribution is 0.601. The molecule has 0 saturated carbocycles. The van der Waals surface area contributed by atoms with Crippen LogP contribution < -0.4 is 10.0 Å². The first kappa shape index (κ1) is 20.5. The molecule has 2 heterocycles. The van der Waals surface area contributed by atoms with Crippen LogP contribution in [0.5, 0.6) is 0 Å². The molecule has 4 aromatic rings. The zero-order chi connectivity index (χ0) is 22.0. The molecular weight excluding hydrogens is 412 g/mol. The van der Waals surface area contributed by atoms with E-state index in [1.807, 2.05) is 33.0 Å². The van der Waals surface area contributed by atoms with Crippen molar-refractivity contribution in [1.29, 1.82) is 0 Å². The summed E-state index contributed by atoms with van der Waals surface area (Å²) in [6.07, 6.45) is 5.16. The van der Waals surface area contributed by atoms with Crippen molar-refractivity contribution >= 4 is 27.2 Å². The SMILES string of the molecule is Cc1nc(Nc2ccc(NS(=O)(=O)c3ccc(C)c(C)c3)cc2)cc(-n2ccnc2)n1. The van der Waals surface area contributed by atoms with Gasteiger partial charge in [-0.25, -0.2) is 23.4 Å². The summed E-state index contributed by atoms with van der Waals surface area (Å²) in [6.45, 7) is 5.65. The standard InChI is InChI=1S/C22H22N6O2S/c1-15-4-9-20(12-16(15)2)31(29,30)27-19-7-5-18(6-8-19)26-21-13-22(25-17(3)24-21)28-11-10-23-14-28/h4-14,27H,1-3H3,(H,24,25,26). The first-order chi connectivity index (χ1) is 14.8. The zero-order valence-corrected chi connectivity index (χ0v) is 18.2. The van der Waals surface area contributed by atoms with Gasteiger partial charge in [0.25, 0.3) is 10.0 Å². The Morgan fingerprint density at radius 2 is 1.61 bits per heavy atom. The van der Waals surface area contributed by atoms with Crippen molar-refractivity contribution in [1.82, 2.24) is 19.5 Å². The third kappa shape index (κ3) is 4.72. The van der Waals surface area contributed by atoms with Gasteiger partial charge in [-0.1, -0.05) is 6.07 Å². The fourth-order valence-corrected chi connectivity index (χ4v) is 4.15. The quantitative estimate of drug-likeness (QED) is 0.473. The van der Waals surface area contributed by atoms with Gasteiger partial charge in [0.05, 0.1) is 4.90 Å². The second kappa shape index (κ2) is 8.19. The molecule has 158 valence electrons. The summed E-state index contributed by atoms with van der Waals surface area (Å²) >= 11 is 0. The van der Waals surface area contributed by atoms with Gasteiger partial charge in [-0.15, -0.1) is 0 Å². The highest BCUT2D eigenvalue weighted by atomic mass is 32.2. The maximum atomic E-state index is 12.7. The van der Waals surface area contributed by atoms with E-state index in [2.05, 4.69) is 25.0 Å². The minimum Gasteiger partial charge on any atom is -0.340 e. The van der Waals surface area contributed by atoms with Crippen molar-refractivity contribution in [2.24, 2.45) is 0 Å². The van der Waals surface area contributed by atoms with E-state index in [0.29, 0.717) is 23.1 Å². The van der Waals surface area contributed by atoms with E-state index in [1.54, 1.807) is 59.6 Å². The highest BCUT2D eigenvalue weighted by Crippen LogP contribution is 2.22. The van der Waals surface area contributed by atoms with Gasteiger partial charge in [-0.2, -0.15) is 0 Å². The lowest BCUT2D eigenvalue weighted by atomic mass is 10.1. The predicted molar refractivity (Wildman–Crippen MR) is 120 cm³/mol. The number of anilines is 3. The molecule has 9 heteroatoms. The molecule has 31 heavy (non-hydrogen) atoms. The molecule has 0 amide bonds. The number of sulfonamides is 1. The lowest BCUT2D eigenvalue weighted by Gasteiger charge is -2.12. The molecule has 0 aliphatic carbocycles. The molecule has 0 aliphatic heterocycles. The van der Waals surface area contributed by atoms with Gasteiger partial charge < -0.3 is 5.32 Å². The van der Waals surface area contributed by atoms with E-state index in [0.717, 1.165) is 16.8 Å². The average molecular weight is 435 g/mol. The fourth-order valence-electron chi connectivity index (χ4n) is 3.01. The molecule has 2 N–H and O–H groups in total. The van der Waals surface area contributed by atoms with Crippen molar-refractivity contribution < 1.29 is 8.42 Å². The van der Waals surface area contributed by atoms with Crippen molar-refractivity contribution in [3.05, 3.63) is 84.2 Å². The first-order valence-electron chi connectivity index (χ1n) is 9.61. The lowest BCUT2D eigenvalue weighted by Crippen LogP contribution is -2.13. The monoisotopic (exact) mass is 434 g/mol. The molecule has 0 aliphatic rings. The molecule has 4 rings (SSSR count). The second-order valence-electron chi connectivity index (χ2n) is 7.18. The predicted octanol–water partition coefficient (Wildman–Crippen LogP) is 4.13. The molecule has 0 bridgehead atoms. The van der Waals surface area contributed by atoms with Crippen molar-refractivity contribution in [3.63, 3.8) is 0 Å². The van der Waals surface area contributed by atoms with Gasteiger partial charge in [-0.3, -0.25) is 9.29 Å². The molecule has 0 unspecified atom stereocenters. The Morgan fingerprint density at radius 3 is 2.29 bits per heavy atom. The van der Waals surface area contributed by atoms with Crippen LogP contribution in [0.25, 0.3) is 5.82 Å². The largest absolute Gasteiger partial charge is 0.340 e. The van der Waals surface area contributed by atoms with Gasteiger partial charge in [0, 0.05) is 29.8 Å². The Bertz CT molecular complexity index is 1320. The van der Waals surface area contributed by atoms with E-state index in [1.165, 1.54) is 0 Å². The van der Waals surface area contributed by atoms with Crippen LogP contribution in [0.3, 0.4) is 0 Å². The number of aromatic nitrogens is 4. The van der Waals surface area contributed by atoms with Crippen molar-refractivity contribution in [2.45, 2.75) is 25.7 Å². The summed E-state index contributed by atoms with van der Waals surface area (Å²) in [5, 5.41) is 3.22. The second-order valence-corrected chi connectivity index (χ2v) is 8.86. The number of aryl methyl sites for hydroxylation is 3. The number of rotatable bonds is 6. The van der Waals surface area contributed by atoms with Gasteiger partial charge in [0.1, 0.15) is 23.8 Å². The molecule has 0 fully saturated rings. The topological polar surface area (TPSA) is 102 Å². The molecule has 2 aromatic heterocycles. The van der Waals surface area contributed by atoms with E-state index >= 15 is 0 Å². The number of hydrogen-bond donors (Lipinski definition) is 2. The van der Waals surface area contributed by atoms with Crippen molar-refractivity contribution in [2.75, 3.05) is 10.0 Å².